The smallest absolute Gasteiger partial charge is 0.278 e. The third-order valence-electron chi connectivity index (χ3n) is 0.937. The number of anilines is 1. The molecule has 0 aliphatic carbocycles. The van der Waals surface area contributed by atoms with Crippen LogP contribution in [0.1, 0.15) is 6.92 Å². The highest BCUT2D eigenvalue weighted by Gasteiger charge is 2.03. The Hall–Kier alpha value is -1.92. The first kappa shape index (κ1) is 8.18. The minimum atomic E-state index is -0.640. The quantitative estimate of drug-likeness (QED) is 0.526. The standard InChI is InChI=1S/C5H7N5O2/c1-3(11)8-5(12)9-4-6-2-7-10-4/h2H,1H3,(H3,6,7,8,9,10,11,12). The molecule has 1 aromatic heterocycles. The molecule has 12 heavy (non-hydrogen) atoms. The molecule has 3 amide bonds. The van der Waals surface area contributed by atoms with E-state index >= 15 is 0 Å². The monoisotopic (exact) mass is 169 g/mol. The van der Waals surface area contributed by atoms with E-state index < -0.39 is 11.9 Å². The maximum atomic E-state index is 10.8. The number of nitrogens with one attached hydrogen (secondary N) is 3. The van der Waals surface area contributed by atoms with E-state index in [0.29, 0.717) is 0 Å². The van der Waals surface area contributed by atoms with Crippen molar-refractivity contribution in [2.24, 2.45) is 0 Å². The maximum Gasteiger partial charge on any atom is 0.328 e. The second-order valence-electron chi connectivity index (χ2n) is 1.97. The van der Waals surface area contributed by atoms with Crippen molar-refractivity contribution in [2.45, 2.75) is 6.92 Å². The number of aromatic amines is 1. The van der Waals surface area contributed by atoms with E-state index in [2.05, 4.69) is 20.5 Å². The molecular formula is C5H7N5O2. The van der Waals surface area contributed by atoms with Crippen LogP contribution < -0.4 is 10.6 Å². The summed E-state index contributed by atoms with van der Waals surface area (Å²) in [7, 11) is 0. The van der Waals surface area contributed by atoms with Gasteiger partial charge in [0.25, 0.3) is 0 Å². The van der Waals surface area contributed by atoms with E-state index in [9.17, 15) is 9.59 Å². The molecule has 0 spiro atoms. The number of carbonyl (C=O) groups excluding carboxylic acids is 2. The van der Waals surface area contributed by atoms with Crippen molar-refractivity contribution in [3.63, 3.8) is 0 Å². The van der Waals surface area contributed by atoms with Gasteiger partial charge in [0.1, 0.15) is 6.33 Å². The van der Waals surface area contributed by atoms with Crippen LogP contribution in [0.15, 0.2) is 6.33 Å². The van der Waals surface area contributed by atoms with Crippen LogP contribution in [0, 0.1) is 0 Å². The zero-order valence-electron chi connectivity index (χ0n) is 6.29. The fourth-order valence-electron chi connectivity index (χ4n) is 0.564. The number of rotatable bonds is 1. The predicted octanol–water partition coefficient (Wildman–Crippen LogP) is -0.527. The summed E-state index contributed by atoms with van der Waals surface area (Å²) in [4.78, 5) is 24.8. The molecule has 1 heterocycles. The summed E-state index contributed by atoms with van der Waals surface area (Å²) in [5.41, 5.74) is 0. The van der Waals surface area contributed by atoms with Crippen LogP contribution in [0.4, 0.5) is 10.7 Å². The highest BCUT2D eigenvalue weighted by atomic mass is 16.2. The largest absolute Gasteiger partial charge is 0.328 e. The molecule has 3 N–H and O–H groups in total. The Morgan fingerprint density at radius 2 is 2.33 bits per heavy atom. The lowest BCUT2D eigenvalue weighted by atomic mass is 10.7. The molecular weight excluding hydrogens is 162 g/mol. The topological polar surface area (TPSA) is 99.8 Å². The van der Waals surface area contributed by atoms with Gasteiger partial charge in [-0.3, -0.25) is 15.4 Å². The summed E-state index contributed by atoms with van der Waals surface area (Å²) < 4.78 is 0. The van der Waals surface area contributed by atoms with Crippen LogP contribution in [0.2, 0.25) is 0 Å². The number of H-pyrrole nitrogens is 1. The first-order valence-corrected chi connectivity index (χ1v) is 3.12. The molecule has 0 atom stereocenters. The highest BCUT2D eigenvalue weighted by molar-refractivity contribution is 5.99. The summed E-state index contributed by atoms with van der Waals surface area (Å²) in [5, 5.41) is 10.1. The molecule has 0 unspecified atom stereocenters. The Kier molecular flexibility index (Phi) is 2.36. The summed E-state index contributed by atoms with van der Waals surface area (Å²) in [6, 6.07) is -0.640. The number of aromatic nitrogens is 3. The third kappa shape index (κ3) is 2.37. The van der Waals surface area contributed by atoms with Gasteiger partial charge in [-0.05, 0) is 0 Å². The van der Waals surface area contributed by atoms with Crippen LogP contribution in [-0.2, 0) is 4.79 Å². The third-order valence-corrected chi connectivity index (χ3v) is 0.937. The SMILES string of the molecule is CC(=O)NC(=O)Nc1ncn[nH]1. The van der Waals surface area contributed by atoms with Gasteiger partial charge in [0.15, 0.2) is 0 Å². The van der Waals surface area contributed by atoms with Gasteiger partial charge in [0.05, 0.1) is 0 Å². The Labute approximate surface area is 67.6 Å². The molecule has 0 bridgehead atoms. The predicted molar refractivity (Wildman–Crippen MR) is 39.2 cm³/mol. The van der Waals surface area contributed by atoms with Gasteiger partial charge in [-0.1, -0.05) is 0 Å². The van der Waals surface area contributed by atoms with Gasteiger partial charge >= 0.3 is 6.03 Å². The van der Waals surface area contributed by atoms with Gasteiger partial charge in [0, 0.05) is 6.92 Å². The molecule has 64 valence electrons. The average Bonchev–Trinajstić information content (AvgIpc) is 2.37. The molecule has 0 saturated heterocycles. The van der Waals surface area contributed by atoms with Crippen LogP contribution in [0.3, 0.4) is 0 Å². The molecule has 0 aromatic carbocycles. The molecule has 7 nitrogen and oxygen atoms in total. The number of urea groups is 1. The number of carbonyl (C=O) groups is 2. The molecule has 7 heteroatoms. The Balaban J connectivity index is 2.42. The lowest BCUT2D eigenvalue weighted by Gasteiger charge is -1.99. The van der Waals surface area contributed by atoms with Gasteiger partial charge in [-0.2, -0.15) is 10.1 Å². The van der Waals surface area contributed by atoms with E-state index in [1.807, 2.05) is 5.32 Å². The second kappa shape index (κ2) is 3.46. The first-order valence-electron chi connectivity index (χ1n) is 3.12. The average molecular weight is 169 g/mol. The molecule has 1 aromatic rings. The van der Waals surface area contributed by atoms with Crippen molar-refractivity contribution in [1.29, 1.82) is 0 Å². The van der Waals surface area contributed by atoms with E-state index in [0.717, 1.165) is 0 Å². The molecule has 1 rings (SSSR count). The number of hydrogen-bond donors (Lipinski definition) is 3. The number of amides is 3. The zero-order valence-corrected chi connectivity index (χ0v) is 6.29. The minimum Gasteiger partial charge on any atom is -0.278 e. The zero-order chi connectivity index (χ0) is 8.97. The van der Waals surface area contributed by atoms with Crippen molar-refractivity contribution < 1.29 is 9.59 Å². The molecule has 0 radical (unpaired) electrons. The van der Waals surface area contributed by atoms with Gasteiger partial charge in [-0.25, -0.2) is 9.89 Å². The fraction of sp³-hybridized carbons (Fsp3) is 0.200. The lowest BCUT2D eigenvalue weighted by molar-refractivity contribution is -0.117. The van der Waals surface area contributed by atoms with Crippen molar-refractivity contribution in [2.75, 3.05) is 5.32 Å². The van der Waals surface area contributed by atoms with Crippen molar-refractivity contribution in [3.05, 3.63) is 6.33 Å². The van der Waals surface area contributed by atoms with E-state index in [4.69, 9.17) is 0 Å². The normalized spacial score (nSPS) is 9.08. The highest BCUT2D eigenvalue weighted by Crippen LogP contribution is 1.90. The van der Waals surface area contributed by atoms with Gasteiger partial charge < -0.3 is 0 Å². The molecule has 0 aliphatic heterocycles. The molecule has 0 fully saturated rings. The number of imide groups is 1. The lowest BCUT2D eigenvalue weighted by Crippen LogP contribution is -2.32. The van der Waals surface area contributed by atoms with E-state index in [-0.39, 0.29) is 5.95 Å². The van der Waals surface area contributed by atoms with Gasteiger partial charge in [0.2, 0.25) is 11.9 Å². The summed E-state index contributed by atoms with van der Waals surface area (Å²) in [6.07, 6.45) is 1.24. The minimum absolute atomic E-state index is 0.189. The molecule has 0 aliphatic rings. The van der Waals surface area contributed by atoms with Crippen molar-refractivity contribution in [3.8, 4) is 0 Å². The Morgan fingerprint density at radius 3 is 2.83 bits per heavy atom. The molecule has 0 saturated carbocycles. The summed E-state index contributed by atoms with van der Waals surface area (Å²) in [6.45, 7) is 1.24. The van der Waals surface area contributed by atoms with Crippen molar-refractivity contribution in [1.82, 2.24) is 20.5 Å². The fourth-order valence-corrected chi connectivity index (χ4v) is 0.564. The first-order chi connectivity index (χ1) is 5.68. The van der Waals surface area contributed by atoms with Crippen LogP contribution in [0.25, 0.3) is 0 Å². The van der Waals surface area contributed by atoms with Gasteiger partial charge in [-0.15, -0.1) is 0 Å². The number of hydrogen-bond acceptors (Lipinski definition) is 4. The van der Waals surface area contributed by atoms with Crippen LogP contribution in [0.5, 0.6) is 0 Å². The van der Waals surface area contributed by atoms with E-state index in [1.54, 1.807) is 0 Å². The summed E-state index contributed by atoms with van der Waals surface area (Å²) in [5.74, 6) is -0.249. The van der Waals surface area contributed by atoms with Crippen LogP contribution in [-0.4, -0.2) is 27.1 Å². The Morgan fingerprint density at radius 1 is 1.58 bits per heavy atom. The van der Waals surface area contributed by atoms with Crippen molar-refractivity contribution >= 4 is 17.9 Å². The second-order valence-corrected chi connectivity index (χ2v) is 1.97. The Bertz CT molecular complexity index is 280. The summed E-state index contributed by atoms with van der Waals surface area (Å²) >= 11 is 0. The maximum absolute atomic E-state index is 10.8. The van der Waals surface area contributed by atoms with E-state index in [1.165, 1.54) is 13.3 Å². The van der Waals surface area contributed by atoms with Crippen LogP contribution >= 0.6 is 0 Å². The number of nitrogens with zero attached hydrogens (tertiary/aromatic N) is 2.